The van der Waals surface area contributed by atoms with Crippen molar-refractivity contribution in [2.24, 2.45) is 5.41 Å². The van der Waals surface area contributed by atoms with E-state index in [4.69, 9.17) is 9.47 Å². The summed E-state index contributed by atoms with van der Waals surface area (Å²) in [6.07, 6.45) is 1.07. The molecule has 140 valence electrons. The number of ketones is 1. The van der Waals surface area contributed by atoms with Gasteiger partial charge in [0.05, 0.1) is 24.8 Å². The molecule has 5 nitrogen and oxygen atoms in total. The Hall–Kier alpha value is -2.63. The van der Waals surface area contributed by atoms with E-state index in [-0.39, 0.29) is 17.1 Å². The second kappa shape index (κ2) is 7.18. The van der Waals surface area contributed by atoms with Gasteiger partial charge in [-0.3, -0.25) is 4.79 Å². The lowest BCUT2D eigenvalue weighted by atomic mass is 9.93. The molecule has 1 fully saturated rings. The van der Waals surface area contributed by atoms with Gasteiger partial charge in [-0.05, 0) is 29.8 Å². The fraction of sp³-hybridized carbons (Fsp3) is 0.318. The Bertz CT molecular complexity index is 887. The van der Waals surface area contributed by atoms with Crippen LogP contribution in [0.15, 0.2) is 60.8 Å². The number of hydrogen-bond acceptors (Lipinski definition) is 3. The van der Waals surface area contributed by atoms with Crippen LogP contribution in [0, 0.1) is 5.41 Å². The molecule has 3 heterocycles. The summed E-state index contributed by atoms with van der Waals surface area (Å²) < 4.78 is 11.3. The molecular formula is C22H24N2O3. The van der Waals surface area contributed by atoms with Crippen LogP contribution >= 0.6 is 0 Å². The zero-order chi connectivity index (χ0) is 18.9. The minimum atomic E-state index is -0.842. The van der Waals surface area contributed by atoms with Crippen molar-refractivity contribution in [3.8, 4) is 0 Å². The summed E-state index contributed by atoms with van der Waals surface area (Å²) in [5.74, 6) is -0.176. The second-order valence-corrected chi connectivity index (χ2v) is 7.78. The first-order valence-corrected chi connectivity index (χ1v) is 9.18. The van der Waals surface area contributed by atoms with Gasteiger partial charge in [0, 0.05) is 23.0 Å². The van der Waals surface area contributed by atoms with Gasteiger partial charge in [-0.1, -0.05) is 44.2 Å². The second-order valence-electron chi connectivity index (χ2n) is 7.78. The van der Waals surface area contributed by atoms with Gasteiger partial charge in [0.2, 0.25) is 12.1 Å². The van der Waals surface area contributed by atoms with Crippen LogP contribution in [-0.2, 0) is 9.47 Å². The van der Waals surface area contributed by atoms with E-state index in [1.54, 1.807) is 0 Å². The van der Waals surface area contributed by atoms with Gasteiger partial charge in [0.1, 0.15) is 0 Å². The summed E-state index contributed by atoms with van der Waals surface area (Å²) in [5.41, 5.74) is 3.59. The SMILES string of the molecule is CC1(C)COC(C(=O)c2ccc(C(c3ccccc3)c3ccc[nH]3)[nH]2)OC1. The summed E-state index contributed by atoms with van der Waals surface area (Å²) in [6, 6.07) is 18.0. The van der Waals surface area contributed by atoms with Crippen LogP contribution in [0.25, 0.3) is 0 Å². The molecule has 1 aliphatic rings. The summed E-state index contributed by atoms with van der Waals surface area (Å²) >= 11 is 0. The molecule has 0 aliphatic carbocycles. The summed E-state index contributed by atoms with van der Waals surface area (Å²) in [4.78, 5) is 19.4. The van der Waals surface area contributed by atoms with Crippen molar-refractivity contribution in [2.75, 3.05) is 13.2 Å². The number of aromatic amines is 2. The normalized spacial score (nSPS) is 18.3. The lowest BCUT2D eigenvalue weighted by Gasteiger charge is -2.33. The molecule has 0 saturated carbocycles. The standard InChI is InChI=1S/C22H24N2O3/c1-22(2)13-26-21(27-14-22)20(25)18-11-10-17(24-18)19(16-9-6-12-23-16)15-7-4-3-5-8-15/h3-12,19,21,23-24H,13-14H2,1-2H3. The topological polar surface area (TPSA) is 67.1 Å². The molecule has 1 unspecified atom stereocenters. The van der Waals surface area contributed by atoms with Crippen molar-refractivity contribution < 1.29 is 14.3 Å². The molecule has 5 heteroatoms. The lowest BCUT2D eigenvalue weighted by Crippen LogP contribution is -2.41. The van der Waals surface area contributed by atoms with Crippen molar-refractivity contribution in [3.05, 3.63) is 83.4 Å². The van der Waals surface area contributed by atoms with Crippen molar-refractivity contribution in [3.63, 3.8) is 0 Å². The van der Waals surface area contributed by atoms with E-state index < -0.39 is 6.29 Å². The van der Waals surface area contributed by atoms with E-state index >= 15 is 0 Å². The zero-order valence-corrected chi connectivity index (χ0v) is 15.6. The van der Waals surface area contributed by atoms with Crippen molar-refractivity contribution >= 4 is 5.78 Å². The molecule has 1 saturated heterocycles. The number of aromatic nitrogens is 2. The van der Waals surface area contributed by atoms with E-state index in [0.29, 0.717) is 18.9 Å². The van der Waals surface area contributed by atoms with E-state index in [1.807, 2.05) is 42.6 Å². The van der Waals surface area contributed by atoms with Gasteiger partial charge in [0.15, 0.2) is 0 Å². The Labute approximate surface area is 158 Å². The number of Topliss-reactive ketones (excluding diaryl/α,β-unsaturated/α-hetero) is 1. The number of benzene rings is 1. The number of H-pyrrole nitrogens is 2. The molecule has 27 heavy (non-hydrogen) atoms. The first-order valence-electron chi connectivity index (χ1n) is 9.18. The first kappa shape index (κ1) is 17.8. The fourth-order valence-corrected chi connectivity index (χ4v) is 3.39. The molecule has 1 aromatic carbocycles. The van der Waals surface area contributed by atoms with E-state index in [1.165, 1.54) is 0 Å². The molecule has 4 rings (SSSR count). The minimum Gasteiger partial charge on any atom is -0.364 e. The molecule has 0 bridgehead atoms. The van der Waals surface area contributed by atoms with Gasteiger partial charge in [-0.2, -0.15) is 0 Å². The third-order valence-electron chi connectivity index (χ3n) is 4.82. The number of ether oxygens (including phenoxy) is 2. The predicted octanol–water partition coefficient (Wildman–Crippen LogP) is 4.10. The van der Waals surface area contributed by atoms with Crippen LogP contribution in [0.5, 0.6) is 0 Å². The number of rotatable bonds is 5. The third-order valence-corrected chi connectivity index (χ3v) is 4.82. The Morgan fingerprint density at radius 1 is 1.00 bits per heavy atom. The van der Waals surface area contributed by atoms with Crippen LogP contribution in [-0.4, -0.2) is 35.3 Å². The van der Waals surface area contributed by atoms with Gasteiger partial charge in [-0.15, -0.1) is 0 Å². The number of carbonyl (C=O) groups is 1. The molecular weight excluding hydrogens is 340 g/mol. The van der Waals surface area contributed by atoms with E-state index in [2.05, 4.69) is 42.0 Å². The average Bonchev–Trinajstić information content (AvgIpc) is 3.35. The maximum absolute atomic E-state index is 12.8. The van der Waals surface area contributed by atoms with Crippen LogP contribution in [0.1, 0.15) is 47.2 Å². The van der Waals surface area contributed by atoms with Crippen molar-refractivity contribution in [1.82, 2.24) is 9.97 Å². The highest BCUT2D eigenvalue weighted by atomic mass is 16.7. The molecule has 0 spiro atoms. The number of carbonyl (C=O) groups excluding carboxylic acids is 1. The number of hydrogen-bond donors (Lipinski definition) is 2. The Morgan fingerprint density at radius 2 is 1.74 bits per heavy atom. The van der Waals surface area contributed by atoms with Crippen LogP contribution < -0.4 is 0 Å². The molecule has 1 atom stereocenters. The van der Waals surface area contributed by atoms with Gasteiger partial charge >= 0.3 is 0 Å². The van der Waals surface area contributed by atoms with Crippen molar-refractivity contribution in [1.29, 1.82) is 0 Å². The molecule has 0 amide bonds. The quantitative estimate of drug-likeness (QED) is 0.670. The third kappa shape index (κ3) is 3.75. The van der Waals surface area contributed by atoms with Gasteiger partial charge < -0.3 is 19.4 Å². The maximum atomic E-state index is 12.8. The highest BCUT2D eigenvalue weighted by Gasteiger charge is 2.33. The van der Waals surface area contributed by atoms with Crippen LogP contribution in [0.3, 0.4) is 0 Å². The Balaban J connectivity index is 1.59. The molecule has 3 aromatic rings. The highest BCUT2D eigenvalue weighted by Crippen LogP contribution is 2.31. The molecule has 0 radical (unpaired) electrons. The van der Waals surface area contributed by atoms with Gasteiger partial charge in [0.25, 0.3) is 0 Å². The molecule has 2 N–H and O–H groups in total. The zero-order valence-electron chi connectivity index (χ0n) is 15.6. The summed E-state index contributed by atoms with van der Waals surface area (Å²) in [5, 5.41) is 0. The largest absolute Gasteiger partial charge is 0.364 e. The Morgan fingerprint density at radius 3 is 2.41 bits per heavy atom. The maximum Gasteiger partial charge on any atom is 0.234 e. The monoisotopic (exact) mass is 364 g/mol. The van der Waals surface area contributed by atoms with E-state index in [0.717, 1.165) is 17.0 Å². The average molecular weight is 364 g/mol. The smallest absolute Gasteiger partial charge is 0.234 e. The molecule has 2 aromatic heterocycles. The lowest BCUT2D eigenvalue weighted by molar-refractivity contribution is -0.196. The minimum absolute atomic E-state index is 0.00474. The van der Waals surface area contributed by atoms with E-state index in [9.17, 15) is 4.79 Å². The van der Waals surface area contributed by atoms with Crippen LogP contribution in [0.2, 0.25) is 0 Å². The van der Waals surface area contributed by atoms with Crippen LogP contribution in [0.4, 0.5) is 0 Å². The number of nitrogens with one attached hydrogen (secondary N) is 2. The van der Waals surface area contributed by atoms with Crippen molar-refractivity contribution in [2.45, 2.75) is 26.1 Å². The predicted molar refractivity (Wildman–Crippen MR) is 103 cm³/mol. The first-order chi connectivity index (χ1) is 13.0. The Kier molecular flexibility index (Phi) is 4.72. The highest BCUT2D eigenvalue weighted by molar-refractivity contribution is 5.97. The summed E-state index contributed by atoms with van der Waals surface area (Å²) in [6.45, 7) is 5.13. The molecule has 1 aliphatic heterocycles. The fourth-order valence-electron chi connectivity index (χ4n) is 3.39. The van der Waals surface area contributed by atoms with Gasteiger partial charge in [-0.25, -0.2) is 0 Å². The summed E-state index contributed by atoms with van der Waals surface area (Å²) in [7, 11) is 0.